The summed E-state index contributed by atoms with van der Waals surface area (Å²) in [6.45, 7) is 2.00. The molecule has 0 aromatic heterocycles. The maximum atomic E-state index is 6.42. The Morgan fingerprint density at radius 2 is 1.37 bits per heavy atom. The Balaban J connectivity index is 1.79. The minimum atomic E-state index is 0.803. The van der Waals surface area contributed by atoms with Crippen LogP contribution in [0.3, 0.4) is 0 Å². The topological polar surface area (TPSA) is 2.70 Å². The van der Waals surface area contributed by atoms with Crippen LogP contribution >= 0.6 is 11.6 Å². The summed E-state index contributed by atoms with van der Waals surface area (Å²) < 4.78 is 3.10. The largest absolute Gasteiger partial charge is 0.431 e. The van der Waals surface area contributed by atoms with E-state index in [1.807, 2.05) is 6.07 Å². The van der Waals surface area contributed by atoms with Crippen molar-refractivity contribution >= 4 is 11.6 Å². The summed E-state index contributed by atoms with van der Waals surface area (Å²) in [6.07, 6.45) is 2.42. The third-order valence-corrected chi connectivity index (χ3v) is 3.94. The number of hydrogen-bond acceptors (Lipinski definition) is 0. The summed E-state index contributed by atoms with van der Waals surface area (Å²) in [7, 11) is 0. The molecule has 1 aliphatic heterocycles. The highest BCUT2D eigenvalue weighted by molar-refractivity contribution is 6.28. The van der Waals surface area contributed by atoms with Gasteiger partial charge in [0, 0.05) is 12.8 Å². The first kappa shape index (κ1) is 12.6. The summed E-state index contributed by atoms with van der Waals surface area (Å²) in [5, 5.41) is 0. The van der Waals surface area contributed by atoms with Crippen molar-refractivity contribution in [2.75, 3.05) is 13.2 Å². The molecule has 0 atom stereocenters. The SMILES string of the molecule is Cl[C-](c1ccc(-c2ccccc2)cc1)[O+]1CCCC1. The summed E-state index contributed by atoms with van der Waals surface area (Å²) >= 11 is 6.42. The van der Waals surface area contributed by atoms with Gasteiger partial charge in [-0.25, -0.2) is 0 Å². The van der Waals surface area contributed by atoms with E-state index >= 15 is 0 Å². The molecule has 1 nitrogen and oxygen atoms in total. The minimum absolute atomic E-state index is 0.803. The van der Waals surface area contributed by atoms with Gasteiger partial charge >= 0.3 is 0 Å². The zero-order valence-corrected chi connectivity index (χ0v) is 11.6. The second kappa shape index (κ2) is 5.68. The van der Waals surface area contributed by atoms with Gasteiger partial charge in [-0.15, -0.1) is 12.1 Å². The Labute approximate surface area is 119 Å². The molecule has 0 aliphatic carbocycles. The fraction of sp³-hybridized carbons (Fsp3) is 0.235. The number of hydrogen-bond donors (Lipinski definition) is 0. The van der Waals surface area contributed by atoms with E-state index in [0.717, 1.165) is 24.3 Å². The van der Waals surface area contributed by atoms with Crippen LogP contribution in [0.25, 0.3) is 11.1 Å². The van der Waals surface area contributed by atoms with Crippen LogP contribution in [0, 0.1) is 5.56 Å². The van der Waals surface area contributed by atoms with Gasteiger partial charge in [-0.05, 0) is 11.1 Å². The lowest BCUT2D eigenvalue weighted by molar-refractivity contribution is -0.0591. The van der Waals surface area contributed by atoms with Crippen LogP contribution in [0.1, 0.15) is 18.4 Å². The molecule has 1 aliphatic rings. The zero-order valence-electron chi connectivity index (χ0n) is 10.8. The molecule has 0 bridgehead atoms. The molecule has 0 unspecified atom stereocenters. The molecule has 1 fully saturated rings. The van der Waals surface area contributed by atoms with Crippen LogP contribution in [0.5, 0.6) is 0 Å². The number of rotatable bonds is 3. The van der Waals surface area contributed by atoms with Crippen LogP contribution in [0.15, 0.2) is 54.6 Å². The third-order valence-electron chi connectivity index (χ3n) is 3.50. The Morgan fingerprint density at radius 1 is 0.789 bits per heavy atom. The van der Waals surface area contributed by atoms with E-state index in [1.165, 1.54) is 24.0 Å². The van der Waals surface area contributed by atoms with Gasteiger partial charge in [0.25, 0.3) is 0 Å². The molecule has 0 N–H and O–H groups in total. The Kier molecular flexibility index (Phi) is 3.77. The van der Waals surface area contributed by atoms with Gasteiger partial charge in [0.2, 0.25) is 0 Å². The van der Waals surface area contributed by atoms with Crippen LogP contribution in [0.4, 0.5) is 0 Å². The summed E-state index contributed by atoms with van der Waals surface area (Å²) in [5.74, 6) is 0. The molecule has 2 heteroatoms. The quantitative estimate of drug-likeness (QED) is 0.559. The predicted octanol–water partition coefficient (Wildman–Crippen LogP) is 4.78. The van der Waals surface area contributed by atoms with Crippen LogP contribution < -0.4 is 0 Å². The standard InChI is InChI=1S/C17H17ClO/c18-17(19-12-4-5-13-19)16-10-8-15(9-11-16)14-6-2-1-3-7-14/h1-3,6-11H,4-5,12-13H2. The Morgan fingerprint density at radius 3 is 2.00 bits per heavy atom. The van der Waals surface area contributed by atoms with E-state index in [4.69, 9.17) is 11.6 Å². The third kappa shape index (κ3) is 2.78. The highest BCUT2D eigenvalue weighted by Gasteiger charge is 2.22. The first-order valence-corrected chi connectivity index (χ1v) is 7.08. The normalized spacial score (nSPS) is 15.6. The molecule has 1 saturated heterocycles. The monoisotopic (exact) mass is 272 g/mol. The fourth-order valence-electron chi connectivity index (χ4n) is 2.42. The van der Waals surface area contributed by atoms with Crippen molar-refractivity contribution in [3.8, 4) is 11.1 Å². The number of benzene rings is 2. The molecule has 0 spiro atoms. The maximum Gasteiger partial charge on any atom is 0.190 e. The van der Waals surface area contributed by atoms with Crippen molar-refractivity contribution in [1.29, 1.82) is 0 Å². The van der Waals surface area contributed by atoms with Crippen molar-refractivity contribution in [2.24, 2.45) is 0 Å². The first-order valence-electron chi connectivity index (χ1n) is 6.70. The predicted molar refractivity (Wildman–Crippen MR) is 80.1 cm³/mol. The molecule has 19 heavy (non-hydrogen) atoms. The van der Waals surface area contributed by atoms with E-state index in [-0.39, 0.29) is 0 Å². The van der Waals surface area contributed by atoms with Gasteiger partial charge in [0.15, 0.2) is 5.56 Å². The average Bonchev–Trinajstić information content (AvgIpc) is 3.02. The number of halogens is 1. The van der Waals surface area contributed by atoms with Crippen molar-refractivity contribution in [3.05, 3.63) is 65.7 Å². The molecule has 1 heterocycles. The van der Waals surface area contributed by atoms with Gasteiger partial charge in [-0.3, -0.25) is 0 Å². The van der Waals surface area contributed by atoms with Crippen LogP contribution in [0.2, 0.25) is 0 Å². The lowest BCUT2D eigenvalue weighted by atomic mass is 10.0. The summed E-state index contributed by atoms with van der Waals surface area (Å²) in [5.41, 5.74) is 4.34. The minimum Gasteiger partial charge on any atom is -0.431 e. The maximum absolute atomic E-state index is 6.42. The zero-order chi connectivity index (χ0) is 13.1. The van der Waals surface area contributed by atoms with Gasteiger partial charge in [0.1, 0.15) is 13.2 Å². The van der Waals surface area contributed by atoms with E-state index in [0.29, 0.717) is 0 Å². The molecule has 0 saturated carbocycles. The lowest BCUT2D eigenvalue weighted by Gasteiger charge is -2.24. The molecule has 3 rings (SSSR count). The van der Waals surface area contributed by atoms with E-state index in [1.54, 1.807) is 0 Å². The first-order chi connectivity index (χ1) is 9.34. The van der Waals surface area contributed by atoms with E-state index < -0.39 is 0 Å². The fourth-order valence-corrected chi connectivity index (χ4v) is 2.71. The molecule has 2 aromatic carbocycles. The van der Waals surface area contributed by atoms with Crippen molar-refractivity contribution < 1.29 is 4.37 Å². The van der Waals surface area contributed by atoms with Gasteiger partial charge < -0.3 is 4.37 Å². The molecule has 0 amide bonds. The lowest BCUT2D eigenvalue weighted by Crippen LogP contribution is -2.13. The second-order valence-corrected chi connectivity index (χ2v) is 5.17. The van der Waals surface area contributed by atoms with E-state index in [9.17, 15) is 0 Å². The highest BCUT2D eigenvalue weighted by atomic mass is 35.5. The molecule has 98 valence electrons. The van der Waals surface area contributed by atoms with Crippen LogP contribution in [-0.2, 0) is 4.37 Å². The summed E-state index contributed by atoms with van der Waals surface area (Å²) in [6, 6.07) is 18.8. The van der Waals surface area contributed by atoms with Gasteiger partial charge in [0.05, 0.1) is 0 Å². The van der Waals surface area contributed by atoms with Crippen molar-refractivity contribution in [1.82, 2.24) is 0 Å². The van der Waals surface area contributed by atoms with Gasteiger partial charge in [-0.2, -0.15) is 12.1 Å². The van der Waals surface area contributed by atoms with E-state index in [2.05, 4.69) is 52.9 Å². The molecule has 0 radical (unpaired) electrons. The summed E-state index contributed by atoms with van der Waals surface area (Å²) in [4.78, 5) is 0. The second-order valence-electron chi connectivity index (χ2n) is 4.83. The Hall–Kier alpha value is -1.44. The van der Waals surface area contributed by atoms with Crippen molar-refractivity contribution in [2.45, 2.75) is 12.8 Å². The smallest absolute Gasteiger partial charge is 0.190 e. The van der Waals surface area contributed by atoms with Crippen molar-refractivity contribution in [3.63, 3.8) is 0 Å². The Bertz CT molecular complexity index is 515. The molecular weight excluding hydrogens is 256 g/mol. The van der Waals surface area contributed by atoms with Crippen LogP contribution in [-0.4, -0.2) is 13.2 Å². The molecule has 2 aromatic rings. The highest BCUT2D eigenvalue weighted by Crippen LogP contribution is 2.32. The van der Waals surface area contributed by atoms with Gasteiger partial charge in [-0.1, -0.05) is 47.5 Å². The average molecular weight is 273 g/mol. The molecular formula is C17H17ClO.